The van der Waals surface area contributed by atoms with Gasteiger partial charge in [-0.1, -0.05) is 90.5 Å². The topological polar surface area (TPSA) is 193 Å². The van der Waals surface area contributed by atoms with Crippen molar-refractivity contribution < 1.29 is 58.9 Å². The second-order valence-corrected chi connectivity index (χ2v) is 21.1. The molecule has 4 aliphatic rings. The number of esters is 1. The fourth-order valence-electron chi connectivity index (χ4n) is 10.5. The molecule has 65 heavy (non-hydrogen) atoms. The molecule has 3 fully saturated rings. The normalized spacial score (nSPS) is 42.3. The van der Waals surface area contributed by atoms with E-state index in [2.05, 4.69) is 26.8 Å². The number of hydrogen-bond acceptors (Lipinski definition) is 12. The number of cyclic esters (lactones) is 1. The summed E-state index contributed by atoms with van der Waals surface area (Å²) in [5.74, 6) is -6.50. The highest BCUT2D eigenvalue weighted by molar-refractivity contribution is 6.39. The Balaban J connectivity index is 1.70. The van der Waals surface area contributed by atoms with Gasteiger partial charge in [-0.2, -0.15) is 0 Å². The van der Waals surface area contributed by atoms with Crippen LogP contribution in [0.4, 0.5) is 0 Å². The minimum atomic E-state index is -2.37. The first-order valence-electron chi connectivity index (χ1n) is 24.5. The van der Waals surface area contributed by atoms with E-state index in [-0.39, 0.29) is 54.6 Å². The van der Waals surface area contributed by atoms with Crippen LogP contribution < -0.4 is 0 Å². The number of fused-ring (bicyclic) bond motifs is 3. The highest BCUT2D eigenvalue weighted by Crippen LogP contribution is 2.41. The fourth-order valence-corrected chi connectivity index (χ4v) is 10.5. The van der Waals surface area contributed by atoms with Crippen LogP contribution in [0.5, 0.6) is 0 Å². The second kappa shape index (κ2) is 24.5. The Bertz CT molecular complexity index is 1690. The second-order valence-electron chi connectivity index (χ2n) is 21.1. The van der Waals surface area contributed by atoms with Gasteiger partial charge < -0.3 is 49.4 Å². The van der Waals surface area contributed by atoms with Crippen molar-refractivity contribution in [3.63, 3.8) is 0 Å². The molecule has 0 aromatic rings. The van der Waals surface area contributed by atoms with E-state index in [1.165, 1.54) is 12.0 Å². The predicted octanol–water partition coefficient (Wildman–Crippen LogP) is 6.78. The summed E-state index contributed by atoms with van der Waals surface area (Å²) < 4.78 is 23.9. The number of carbonyl (C=O) groups excluding carboxylic acids is 3. The number of amides is 1. The highest BCUT2D eigenvalue weighted by atomic mass is 16.6. The van der Waals surface area contributed by atoms with E-state index < -0.39 is 84.1 Å². The van der Waals surface area contributed by atoms with Crippen LogP contribution >= 0.6 is 0 Å². The first kappa shape index (κ1) is 54.9. The van der Waals surface area contributed by atoms with Gasteiger partial charge >= 0.3 is 5.97 Å². The Morgan fingerprint density at radius 1 is 0.862 bits per heavy atom. The lowest BCUT2D eigenvalue weighted by Gasteiger charge is -2.44. The van der Waals surface area contributed by atoms with Crippen molar-refractivity contribution in [1.29, 1.82) is 0 Å². The van der Waals surface area contributed by atoms with Gasteiger partial charge in [0, 0.05) is 39.0 Å². The number of piperidine rings is 1. The number of nitrogens with zero attached hydrogens (tertiary/aromatic N) is 1. The van der Waals surface area contributed by atoms with E-state index in [0.29, 0.717) is 63.4 Å². The van der Waals surface area contributed by atoms with E-state index in [4.69, 9.17) is 18.9 Å². The van der Waals surface area contributed by atoms with Crippen LogP contribution in [0.1, 0.15) is 139 Å². The van der Waals surface area contributed by atoms with Gasteiger partial charge in [-0.15, -0.1) is 0 Å². The minimum absolute atomic E-state index is 0.0437. The third-order valence-corrected chi connectivity index (χ3v) is 15.4. The van der Waals surface area contributed by atoms with Crippen LogP contribution in [-0.2, 0) is 33.3 Å². The SMILES string of the molecule is CO[C@@H]1CC(C[C@@H](C)[C@@H]2CC(O)[C@H](C)/C=C(\C)[C@@H](O)[C@@H](OC)C(O)[C@H](C)C[C@H](C)/C=C/C=C/C=C(\C)C(C)(C)C[C@@H]3CC[C@@H](C)[C@@](O)(O3)C(=O)C(=O)N3CCCCC3C(=O)O2)CC[C@H]1O. The number of rotatable bonds is 5. The molecule has 0 aromatic carbocycles. The Kier molecular flexibility index (Phi) is 20.7. The molecule has 0 radical (unpaired) electrons. The van der Waals surface area contributed by atoms with Crippen molar-refractivity contribution in [2.45, 2.75) is 200 Å². The molecule has 370 valence electrons. The Hall–Kier alpha value is -2.75. The van der Waals surface area contributed by atoms with Crippen molar-refractivity contribution in [3.8, 4) is 0 Å². The van der Waals surface area contributed by atoms with Crippen LogP contribution in [0.15, 0.2) is 47.6 Å². The quantitative estimate of drug-likeness (QED) is 0.111. The summed E-state index contributed by atoms with van der Waals surface area (Å²) >= 11 is 0. The number of methoxy groups -OCH3 is 2. The van der Waals surface area contributed by atoms with Gasteiger partial charge in [0.25, 0.3) is 11.7 Å². The summed E-state index contributed by atoms with van der Waals surface area (Å²) in [7, 11) is 3.05. The lowest BCUT2D eigenvalue weighted by Crippen LogP contribution is -2.61. The third kappa shape index (κ3) is 14.4. The van der Waals surface area contributed by atoms with Crippen molar-refractivity contribution in [2.75, 3.05) is 20.8 Å². The number of aliphatic hydroxyl groups is 5. The van der Waals surface area contributed by atoms with E-state index >= 15 is 0 Å². The molecule has 2 saturated heterocycles. The zero-order valence-electron chi connectivity index (χ0n) is 41.4. The summed E-state index contributed by atoms with van der Waals surface area (Å²) in [6.07, 6.45) is 11.8. The fraction of sp³-hybridized carbons (Fsp3) is 0.788. The number of aliphatic hydroxyl groups excluding tert-OH is 4. The van der Waals surface area contributed by atoms with E-state index in [1.54, 1.807) is 27.0 Å². The number of ketones is 1. The maximum atomic E-state index is 14.4. The standard InChI is InChI=1S/C52H85NO12/c1-31-17-13-12-14-18-36(6)51(8,9)30-39-22-20-37(7)52(61,65-39)48(58)49(59)53-24-16-15-19-40(53)50(60)64-43(33(3)27-38-21-23-41(54)44(28-38)62-10)29-42(55)32(2)26-35(5)46(57)47(63-11)45(56)34(4)25-31/h12-14,17-18,26,31-34,37-47,54-57,61H,15-16,19-25,27-30H2,1-11H3/b14-12+,17-13+,35-26+,36-18+/t31-,32-,33-,34-,37-,38?,39+,40?,41-,42?,43+,44-,45?,46-,47+,52-/m1/s1. The largest absolute Gasteiger partial charge is 0.460 e. The van der Waals surface area contributed by atoms with Crippen LogP contribution in [0.2, 0.25) is 0 Å². The zero-order valence-corrected chi connectivity index (χ0v) is 41.4. The molecule has 0 aromatic heterocycles. The molecule has 1 aliphatic carbocycles. The van der Waals surface area contributed by atoms with Gasteiger partial charge in [-0.05, 0) is 119 Å². The van der Waals surface area contributed by atoms with Crippen molar-refractivity contribution in [2.24, 2.45) is 40.9 Å². The monoisotopic (exact) mass is 916 g/mol. The maximum absolute atomic E-state index is 14.4. The predicted molar refractivity (Wildman–Crippen MR) is 250 cm³/mol. The smallest absolute Gasteiger partial charge is 0.329 e. The first-order valence-corrected chi connectivity index (χ1v) is 24.5. The van der Waals surface area contributed by atoms with E-state index in [1.807, 2.05) is 52.0 Å². The zero-order chi connectivity index (χ0) is 48.4. The Morgan fingerprint density at radius 2 is 1.57 bits per heavy atom. The van der Waals surface area contributed by atoms with Gasteiger partial charge in [-0.25, -0.2) is 4.79 Å². The molecule has 1 amide bonds. The molecular weight excluding hydrogens is 831 g/mol. The van der Waals surface area contributed by atoms with Gasteiger partial charge in [0.2, 0.25) is 5.79 Å². The van der Waals surface area contributed by atoms with Crippen molar-refractivity contribution in [1.82, 2.24) is 4.90 Å². The summed E-state index contributed by atoms with van der Waals surface area (Å²) in [6, 6.07) is -1.09. The highest BCUT2D eigenvalue weighted by Gasteiger charge is 2.53. The van der Waals surface area contributed by atoms with Gasteiger partial charge in [0.1, 0.15) is 24.4 Å². The number of hydrogen-bond donors (Lipinski definition) is 5. The molecule has 13 nitrogen and oxygen atoms in total. The number of Topliss-reactive ketones (excluding diaryl/α,β-unsaturated/α-hetero) is 1. The molecule has 3 aliphatic heterocycles. The maximum Gasteiger partial charge on any atom is 0.329 e. The van der Waals surface area contributed by atoms with Crippen LogP contribution in [0.3, 0.4) is 0 Å². The lowest BCUT2D eigenvalue weighted by molar-refractivity contribution is -0.266. The minimum Gasteiger partial charge on any atom is -0.460 e. The van der Waals surface area contributed by atoms with Gasteiger partial charge in [0.15, 0.2) is 0 Å². The summed E-state index contributed by atoms with van der Waals surface area (Å²) in [6.45, 7) is 17.6. The number of allylic oxidation sites excluding steroid dienone is 6. The van der Waals surface area contributed by atoms with Gasteiger partial charge in [0.05, 0.1) is 30.5 Å². The molecule has 13 heteroatoms. The van der Waals surface area contributed by atoms with E-state index in [0.717, 1.165) is 12.0 Å². The first-order chi connectivity index (χ1) is 30.5. The average molecular weight is 916 g/mol. The van der Waals surface area contributed by atoms with Crippen molar-refractivity contribution in [3.05, 3.63) is 47.6 Å². The third-order valence-electron chi connectivity index (χ3n) is 15.4. The summed E-state index contributed by atoms with van der Waals surface area (Å²) in [5, 5.41) is 57.3. The molecule has 5 N–H and O–H groups in total. The molecular formula is C52H85NO12. The van der Waals surface area contributed by atoms with E-state index in [9.17, 15) is 39.9 Å². The molecule has 16 atom stereocenters. The van der Waals surface area contributed by atoms with Crippen LogP contribution in [-0.4, -0.2) is 130 Å². The van der Waals surface area contributed by atoms with Crippen LogP contribution in [0, 0.1) is 40.9 Å². The lowest BCUT2D eigenvalue weighted by atomic mass is 9.76. The van der Waals surface area contributed by atoms with Crippen molar-refractivity contribution >= 4 is 17.7 Å². The van der Waals surface area contributed by atoms with Crippen LogP contribution in [0.25, 0.3) is 0 Å². The average Bonchev–Trinajstić information content (AvgIpc) is 3.26. The Morgan fingerprint density at radius 3 is 2.25 bits per heavy atom. The number of ether oxygens (including phenoxy) is 4. The Labute approximate surface area is 389 Å². The van der Waals surface area contributed by atoms with Gasteiger partial charge in [-0.3, -0.25) is 9.59 Å². The molecule has 0 spiro atoms. The molecule has 2 bridgehead atoms. The molecule has 4 unspecified atom stereocenters. The summed E-state index contributed by atoms with van der Waals surface area (Å²) in [4.78, 5) is 44.2. The molecule has 3 heterocycles. The molecule has 4 rings (SSSR count). The number of carbonyl (C=O) groups is 3. The summed E-state index contributed by atoms with van der Waals surface area (Å²) in [5.41, 5.74) is 1.20. The molecule has 1 saturated carbocycles.